The minimum absolute atomic E-state index is 0.182. The molecule has 0 saturated carbocycles. The number of amides is 1. The monoisotopic (exact) mass is 420 g/mol. The Morgan fingerprint density at radius 1 is 1.33 bits per heavy atom. The zero-order valence-corrected chi connectivity index (χ0v) is 17.9. The molecule has 0 aliphatic carbocycles. The normalized spacial score (nSPS) is 20.2. The highest BCUT2D eigenvalue weighted by Crippen LogP contribution is 2.19. The molecular formula is C21H29FN4O4. The second kappa shape index (κ2) is 8.99. The van der Waals surface area contributed by atoms with Crippen molar-refractivity contribution in [2.24, 2.45) is 0 Å². The zero-order chi connectivity index (χ0) is 21.9. The minimum Gasteiger partial charge on any atom is -0.497 e. The van der Waals surface area contributed by atoms with Crippen LogP contribution in [-0.2, 0) is 11.3 Å². The number of likely N-dealkylation sites (tertiary alicyclic amines) is 1. The Labute approximate surface area is 175 Å². The molecule has 1 amide bonds. The molecule has 1 aromatic heterocycles. The third kappa shape index (κ3) is 5.47. The number of nitrogens with zero attached hydrogens (tertiary/aromatic N) is 3. The van der Waals surface area contributed by atoms with E-state index in [2.05, 4.69) is 10.3 Å². The maximum absolute atomic E-state index is 14.6. The molecule has 0 radical (unpaired) electrons. The lowest BCUT2D eigenvalue weighted by Gasteiger charge is -2.35. The van der Waals surface area contributed by atoms with Crippen LogP contribution in [0.25, 0.3) is 11.0 Å². The van der Waals surface area contributed by atoms with Gasteiger partial charge in [-0.05, 0) is 39.3 Å². The van der Waals surface area contributed by atoms with Gasteiger partial charge in [-0.1, -0.05) is 0 Å². The van der Waals surface area contributed by atoms with Crippen molar-refractivity contribution in [3.8, 4) is 5.75 Å². The molecule has 1 saturated heterocycles. The summed E-state index contributed by atoms with van der Waals surface area (Å²) in [6, 6.07) is 4.79. The number of nitrogens with one attached hydrogen (secondary N) is 1. The van der Waals surface area contributed by atoms with Gasteiger partial charge >= 0.3 is 6.09 Å². The summed E-state index contributed by atoms with van der Waals surface area (Å²) in [5.74, 6) is 0.640. The van der Waals surface area contributed by atoms with Crippen molar-refractivity contribution in [1.82, 2.24) is 19.8 Å². The average molecular weight is 420 g/mol. The third-order valence-electron chi connectivity index (χ3n) is 5.02. The number of carbonyl (C=O) groups is 1. The number of halogens is 1. The van der Waals surface area contributed by atoms with E-state index in [0.29, 0.717) is 42.8 Å². The third-order valence-corrected chi connectivity index (χ3v) is 5.02. The molecule has 2 heterocycles. The fraction of sp³-hybridized carbons (Fsp3) is 0.571. The van der Waals surface area contributed by atoms with E-state index in [9.17, 15) is 14.0 Å². The first-order valence-corrected chi connectivity index (χ1v) is 10.1. The Morgan fingerprint density at radius 3 is 2.77 bits per heavy atom. The van der Waals surface area contributed by atoms with Gasteiger partial charge < -0.3 is 19.4 Å². The molecule has 164 valence electrons. The number of aromatic nitrogens is 2. The topological polar surface area (TPSA) is 85.7 Å². The highest BCUT2D eigenvalue weighted by atomic mass is 19.1. The smallest absolute Gasteiger partial charge is 0.407 e. The number of carbonyl (C=O) groups excluding carboxylic acids is 1. The summed E-state index contributed by atoms with van der Waals surface area (Å²) in [7, 11) is 1.57. The lowest BCUT2D eigenvalue weighted by Crippen LogP contribution is -2.53. The van der Waals surface area contributed by atoms with Gasteiger partial charge in [0.25, 0.3) is 5.56 Å². The van der Waals surface area contributed by atoms with E-state index in [1.165, 1.54) is 6.20 Å². The van der Waals surface area contributed by atoms with E-state index < -0.39 is 23.9 Å². The molecule has 30 heavy (non-hydrogen) atoms. The van der Waals surface area contributed by atoms with Gasteiger partial charge in [-0.25, -0.2) is 14.2 Å². The summed E-state index contributed by atoms with van der Waals surface area (Å²) in [6.07, 6.45) is -0.0473. The molecule has 1 N–H and O–H groups in total. The SMILES string of the molecule is COc1ccc2ncc(=O)n(CCN3CC[C@H](NC(=O)OC(C)(C)C)[C@H](F)C3)c2c1. The Hall–Kier alpha value is -2.68. The van der Waals surface area contributed by atoms with Gasteiger partial charge in [0.05, 0.1) is 30.4 Å². The average Bonchev–Trinajstić information content (AvgIpc) is 2.67. The number of alkyl halides is 1. The van der Waals surface area contributed by atoms with Crippen LogP contribution in [0.15, 0.2) is 29.2 Å². The molecule has 3 rings (SSSR count). The van der Waals surface area contributed by atoms with Crippen molar-refractivity contribution in [3.05, 3.63) is 34.7 Å². The van der Waals surface area contributed by atoms with Gasteiger partial charge in [-0.15, -0.1) is 0 Å². The number of rotatable bonds is 5. The fourth-order valence-corrected chi connectivity index (χ4v) is 3.53. The molecular weight excluding hydrogens is 391 g/mol. The highest BCUT2D eigenvalue weighted by Gasteiger charge is 2.31. The van der Waals surface area contributed by atoms with Crippen LogP contribution in [0.3, 0.4) is 0 Å². The Balaban J connectivity index is 1.61. The summed E-state index contributed by atoms with van der Waals surface area (Å²) in [6.45, 7) is 7.01. The molecule has 1 aliphatic rings. The summed E-state index contributed by atoms with van der Waals surface area (Å²) in [4.78, 5) is 30.4. The second-order valence-electron chi connectivity index (χ2n) is 8.46. The molecule has 8 nitrogen and oxygen atoms in total. The maximum atomic E-state index is 14.6. The largest absolute Gasteiger partial charge is 0.497 e. The minimum atomic E-state index is -1.21. The van der Waals surface area contributed by atoms with Crippen LogP contribution in [0.5, 0.6) is 5.75 Å². The van der Waals surface area contributed by atoms with Crippen molar-refractivity contribution in [1.29, 1.82) is 0 Å². The van der Waals surface area contributed by atoms with Crippen LogP contribution in [-0.4, -0.2) is 65.1 Å². The molecule has 0 unspecified atom stereocenters. The van der Waals surface area contributed by atoms with Crippen LogP contribution in [0.1, 0.15) is 27.2 Å². The van der Waals surface area contributed by atoms with Gasteiger partial charge in [0.2, 0.25) is 0 Å². The first-order valence-electron chi connectivity index (χ1n) is 10.1. The lowest BCUT2D eigenvalue weighted by molar-refractivity contribution is 0.0395. The molecule has 0 bridgehead atoms. The molecule has 9 heteroatoms. The number of hydrogen-bond acceptors (Lipinski definition) is 6. The molecule has 2 atom stereocenters. The summed E-state index contributed by atoms with van der Waals surface area (Å²) in [5.41, 5.74) is 0.535. The predicted molar refractivity (Wildman–Crippen MR) is 112 cm³/mol. The van der Waals surface area contributed by atoms with Crippen molar-refractivity contribution in [2.45, 2.75) is 51.6 Å². The summed E-state index contributed by atoms with van der Waals surface area (Å²) >= 11 is 0. The first-order chi connectivity index (χ1) is 14.2. The van der Waals surface area contributed by atoms with Crippen molar-refractivity contribution in [3.63, 3.8) is 0 Å². The molecule has 1 aromatic carbocycles. The number of piperidine rings is 1. The summed E-state index contributed by atoms with van der Waals surface area (Å²) < 4.78 is 26.7. The van der Waals surface area contributed by atoms with E-state index in [-0.39, 0.29) is 12.1 Å². The molecule has 1 fully saturated rings. The predicted octanol–water partition coefficient (Wildman–Crippen LogP) is 2.34. The van der Waals surface area contributed by atoms with E-state index in [1.54, 1.807) is 50.6 Å². The fourth-order valence-electron chi connectivity index (χ4n) is 3.53. The van der Waals surface area contributed by atoms with Crippen LogP contribution in [0.2, 0.25) is 0 Å². The number of benzene rings is 1. The van der Waals surface area contributed by atoms with Crippen molar-refractivity contribution < 1.29 is 18.7 Å². The first kappa shape index (κ1) is 22.0. The number of hydrogen-bond donors (Lipinski definition) is 1. The quantitative estimate of drug-likeness (QED) is 0.799. The van der Waals surface area contributed by atoms with Gasteiger partial charge in [-0.3, -0.25) is 9.69 Å². The van der Waals surface area contributed by atoms with Crippen LogP contribution in [0.4, 0.5) is 9.18 Å². The maximum Gasteiger partial charge on any atom is 0.407 e. The number of ether oxygens (including phenoxy) is 2. The number of alkyl carbamates (subject to hydrolysis) is 1. The standard InChI is InChI=1S/C21H29FN4O4/c1-21(2,3)30-20(28)24-16-7-8-25(13-15(16)22)9-10-26-18-11-14(29-4)5-6-17(18)23-12-19(26)27/h5-6,11-12,15-16H,7-10,13H2,1-4H3,(H,24,28)/t15-,16+/m1/s1. The van der Waals surface area contributed by atoms with E-state index in [0.717, 1.165) is 0 Å². The zero-order valence-electron chi connectivity index (χ0n) is 17.9. The van der Waals surface area contributed by atoms with Crippen LogP contribution in [0, 0.1) is 0 Å². The molecule has 1 aliphatic heterocycles. The molecule has 0 spiro atoms. The van der Waals surface area contributed by atoms with E-state index in [1.807, 2.05) is 4.90 Å². The van der Waals surface area contributed by atoms with Gasteiger partial charge in [-0.2, -0.15) is 0 Å². The Bertz CT molecular complexity index is 956. The van der Waals surface area contributed by atoms with Crippen molar-refractivity contribution in [2.75, 3.05) is 26.7 Å². The summed E-state index contributed by atoms with van der Waals surface area (Å²) in [5, 5.41) is 2.63. The lowest BCUT2D eigenvalue weighted by atomic mass is 10.0. The van der Waals surface area contributed by atoms with Crippen LogP contribution < -0.4 is 15.6 Å². The Kier molecular flexibility index (Phi) is 6.60. The van der Waals surface area contributed by atoms with E-state index in [4.69, 9.17) is 9.47 Å². The van der Waals surface area contributed by atoms with Gasteiger partial charge in [0.1, 0.15) is 17.5 Å². The van der Waals surface area contributed by atoms with E-state index >= 15 is 0 Å². The second-order valence-corrected chi connectivity index (χ2v) is 8.46. The highest BCUT2D eigenvalue weighted by molar-refractivity contribution is 5.76. The Morgan fingerprint density at radius 2 is 2.10 bits per heavy atom. The number of fused-ring (bicyclic) bond motifs is 1. The van der Waals surface area contributed by atoms with Crippen molar-refractivity contribution >= 4 is 17.1 Å². The van der Waals surface area contributed by atoms with Gasteiger partial charge in [0, 0.05) is 32.2 Å². The van der Waals surface area contributed by atoms with Crippen LogP contribution >= 0.6 is 0 Å². The van der Waals surface area contributed by atoms with Gasteiger partial charge in [0.15, 0.2) is 0 Å². The number of methoxy groups -OCH3 is 1. The molecule has 2 aromatic rings.